The van der Waals surface area contributed by atoms with Crippen molar-refractivity contribution in [3.8, 4) is 11.4 Å². The molecule has 0 atom stereocenters. The van der Waals surface area contributed by atoms with Gasteiger partial charge in [0.15, 0.2) is 6.73 Å². The van der Waals surface area contributed by atoms with Crippen LogP contribution in [-0.2, 0) is 12.1 Å². The number of nitrogens with one attached hydrogen (secondary N) is 1. The van der Waals surface area contributed by atoms with Gasteiger partial charge in [-0.2, -0.15) is 10.2 Å². The van der Waals surface area contributed by atoms with E-state index in [4.69, 9.17) is 21.4 Å². The third kappa shape index (κ3) is 4.39. The molecule has 194 valence electrons. The van der Waals surface area contributed by atoms with E-state index in [-0.39, 0.29) is 18.1 Å². The van der Waals surface area contributed by atoms with Crippen LogP contribution in [0.5, 0.6) is 5.75 Å². The highest BCUT2D eigenvalue weighted by Gasteiger charge is 2.53. The van der Waals surface area contributed by atoms with Gasteiger partial charge in [0.1, 0.15) is 5.75 Å². The minimum absolute atomic E-state index is 0.00354. The predicted octanol–water partition coefficient (Wildman–Crippen LogP) is 6.48. The quantitative estimate of drug-likeness (QED) is 0.298. The highest BCUT2D eigenvalue weighted by atomic mass is 35.5. The fourth-order valence-electron chi connectivity index (χ4n) is 7.44. The minimum atomic E-state index is -0.145. The van der Waals surface area contributed by atoms with Crippen LogP contribution < -0.4 is 10.1 Å². The van der Waals surface area contributed by atoms with Crippen LogP contribution in [0, 0.1) is 17.8 Å². The summed E-state index contributed by atoms with van der Waals surface area (Å²) in [5, 5.41) is 13.1. The summed E-state index contributed by atoms with van der Waals surface area (Å²) >= 11 is 6.04. The number of anilines is 1. The molecule has 4 aliphatic rings. The number of carbonyl (C=O) groups is 1. The van der Waals surface area contributed by atoms with Gasteiger partial charge in [-0.1, -0.05) is 35.9 Å². The summed E-state index contributed by atoms with van der Waals surface area (Å²) in [6.07, 6.45) is 12.8. The Hall–Kier alpha value is -3.58. The van der Waals surface area contributed by atoms with Crippen LogP contribution in [-0.4, -0.2) is 25.5 Å². The SMILES string of the molecule is O=C(Nc1cnn(COc2cccc(Cl)c2)c1)c1cn(-c2ccccc2)nc1C12CC3CC(CC(C3)C1)C2. The maximum absolute atomic E-state index is 13.8. The number of aromatic nitrogens is 4. The summed E-state index contributed by atoms with van der Waals surface area (Å²) < 4.78 is 9.30. The van der Waals surface area contributed by atoms with E-state index in [1.807, 2.05) is 53.3 Å². The molecule has 4 saturated carbocycles. The molecule has 0 radical (unpaired) electrons. The van der Waals surface area contributed by atoms with Crippen molar-refractivity contribution >= 4 is 23.2 Å². The number of halogens is 1. The lowest BCUT2D eigenvalue weighted by atomic mass is 9.48. The van der Waals surface area contributed by atoms with Crippen molar-refractivity contribution in [3.05, 3.63) is 89.5 Å². The molecule has 2 heterocycles. The zero-order chi connectivity index (χ0) is 25.7. The maximum atomic E-state index is 13.8. The highest BCUT2D eigenvalue weighted by Crippen LogP contribution is 2.60. The van der Waals surface area contributed by atoms with Crippen LogP contribution in [0.3, 0.4) is 0 Å². The molecule has 2 aromatic heterocycles. The van der Waals surface area contributed by atoms with E-state index in [0.29, 0.717) is 22.0 Å². The number of benzene rings is 2. The second kappa shape index (κ2) is 9.31. The van der Waals surface area contributed by atoms with Gasteiger partial charge < -0.3 is 10.1 Å². The first-order valence-electron chi connectivity index (χ1n) is 13.4. The Morgan fingerprint density at radius 1 is 1.00 bits per heavy atom. The number of carbonyl (C=O) groups excluding carboxylic acids is 1. The Bertz CT molecular complexity index is 1440. The van der Waals surface area contributed by atoms with Gasteiger partial charge in [-0.15, -0.1) is 0 Å². The van der Waals surface area contributed by atoms with Crippen LogP contribution in [0.2, 0.25) is 5.02 Å². The lowest BCUT2D eigenvalue weighted by Crippen LogP contribution is -2.49. The van der Waals surface area contributed by atoms with Crippen LogP contribution in [0.4, 0.5) is 5.69 Å². The first kappa shape index (κ1) is 23.5. The molecule has 0 spiro atoms. The van der Waals surface area contributed by atoms with Crippen molar-refractivity contribution in [2.24, 2.45) is 17.8 Å². The van der Waals surface area contributed by atoms with Gasteiger partial charge in [0.25, 0.3) is 5.91 Å². The summed E-state index contributed by atoms with van der Waals surface area (Å²) in [5.41, 5.74) is 3.21. The molecule has 7 nitrogen and oxygen atoms in total. The fourth-order valence-corrected chi connectivity index (χ4v) is 7.62. The lowest BCUT2D eigenvalue weighted by molar-refractivity contribution is -0.00765. The number of nitrogens with zero attached hydrogens (tertiary/aromatic N) is 4. The Balaban J connectivity index is 1.15. The van der Waals surface area contributed by atoms with E-state index in [0.717, 1.165) is 48.4 Å². The number of rotatable bonds is 7. The normalized spacial score (nSPS) is 25.4. The Labute approximate surface area is 226 Å². The van der Waals surface area contributed by atoms with Gasteiger partial charge in [-0.3, -0.25) is 4.79 Å². The zero-order valence-electron chi connectivity index (χ0n) is 21.1. The van der Waals surface area contributed by atoms with Gasteiger partial charge in [0.2, 0.25) is 0 Å². The predicted molar refractivity (Wildman–Crippen MR) is 146 cm³/mol. The van der Waals surface area contributed by atoms with Crippen LogP contribution >= 0.6 is 11.6 Å². The molecule has 0 aliphatic heterocycles. The largest absolute Gasteiger partial charge is 0.471 e. The van der Waals surface area contributed by atoms with Gasteiger partial charge in [-0.05, 0) is 86.6 Å². The zero-order valence-corrected chi connectivity index (χ0v) is 21.8. The Morgan fingerprint density at radius 3 is 2.45 bits per heavy atom. The lowest BCUT2D eigenvalue weighted by Gasteiger charge is -2.56. The second-order valence-corrected chi connectivity index (χ2v) is 11.8. The molecule has 8 heteroatoms. The van der Waals surface area contributed by atoms with E-state index in [1.165, 1.54) is 19.3 Å². The first-order valence-corrected chi connectivity index (χ1v) is 13.8. The molecule has 4 aromatic rings. The average molecular weight is 528 g/mol. The second-order valence-electron chi connectivity index (χ2n) is 11.3. The van der Waals surface area contributed by atoms with E-state index in [2.05, 4.69) is 10.4 Å². The molecule has 38 heavy (non-hydrogen) atoms. The number of ether oxygens (including phenoxy) is 1. The summed E-state index contributed by atoms with van der Waals surface area (Å²) in [5.74, 6) is 2.80. The molecule has 0 unspecified atom stereocenters. The molecule has 0 saturated heterocycles. The van der Waals surface area contributed by atoms with E-state index < -0.39 is 0 Å². The number of hydrogen-bond donors (Lipinski definition) is 1. The van der Waals surface area contributed by atoms with Crippen LogP contribution in [0.25, 0.3) is 5.69 Å². The highest BCUT2D eigenvalue weighted by molar-refractivity contribution is 6.30. The molecule has 2 aromatic carbocycles. The monoisotopic (exact) mass is 527 g/mol. The third-order valence-corrected chi connectivity index (χ3v) is 8.81. The molecule has 4 aliphatic carbocycles. The smallest absolute Gasteiger partial charge is 0.259 e. The Morgan fingerprint density at radius 2 is 1.74 bits per heavy atom. The van der Waals surface area contributed by atoms with E-state index >= 15 is 0 Å². The van der Waals surface area contributed by atoms with Gasteiger partial charge in [0.05, 0.1) is 35.0 Å². The van der Waals surface area contributed by atoms with E-state index in [1.54, 1.807) is 29.2 Å². The first-order chi connectivity index (χ1) is 18.5. The van der Waals surface area contributed by atoms with Gasteiger partial charge in [0, 0.05) is 16.6 Å². The minimum Gasteiger partial charge on any atom is -0.471 e. The van der Waals surface area contributed by atoms with Crippen molar-refractivity contribution in [1.29, 1.82) is 0 Å². The van der Waals surface area contributed by atoms with Crippen molar-refractivity contribution in [2.75, 3.05) is 5.32 Å². The number of amides is 1. The fraction of sp³-hybridized carbons (Fsp3) is 0.367. The van der Waals surface area contributed by atoms with Crippen molar-refractivity contribution in [1.82, 2.24) is 19.6 Å². The average Bonchev–Trinajstić information content (AvgIpc) is 3.55. The molecule has 4 fully saturated rings. The number of hydrogen-bond acceptors (Lipinski definition) is 4. The Kier molecular flexibility index (Phi) is 5.77. The standard InChI is InChI=1S/C30H30ClN5O2/c31-23-5-4-8-26(12-23)38-19-35-17-24(16-32-35)33-29(37)27-18-36(25-6-2-1-3-7-25)34-28(27)30-13-20-9-21(14-30)11-22(10-20)15-30/h1-8,12,16-18,20-22H,9-11,13-15,19H2,(H,33,37). The van der Waals surface area contributed by atoms with Crippen molar-refractivity contribution in [2.45, 2.75) is 50.7 Å². The molecule has 4 bridgehead atoms. The summed E-state index contributed by atoms with van der Waals surface area (Å²) in [7, 11) is 0. The van der Waals surface area contributed by atoms with Crippen LogP contribution in [0.1, 0.15) is 54.6 Å². The van der Waals surface area contributed by atoms with Crippen molar-refractivity contribution in [3.63, 3.8) is 0 Å². The van der Waals surface area contributed by atoms with Gasteiger partial charge >= 0.3 is 0 Å². The third-order valence-electron chi connectivity index (χ3n) is 8.57. The maximum Gasteiger partial charge on any atom is 0.259 e. The molecule has 1 N–H and O–H groups in total. The molecule has 8 rings (SSSR count). The van der Waals surface area contributed by atoms with Crippen LogP contribution in [0.15, 0.2) is 73.2 Å². The molecular formula is C30H30ClN5O2. The summed E-state index contributed by atoms with van der Waals surface area (Å²) in [6, 6.07) is 17.3. The topological polar surface area (TPSA) is 74.0 Å². The molecule has 1 amide bonds. The van der Waals surface area contributed by atoms with Gasteiger partial charge in [-0.25, -0.2) is 9.36 Å². The number of para-hydroxylation sites is 1. The summed E-state index contributed by atoms with van der Waals surface area (Å²) in [4.78, 5) is 13.8. The van der Waals surface area contributed by atoms with Crippen molar-refractivity contribution < 1.29 is 9.53 Å². The molecular weight excluding hydrogens is 498 g/mol. The summed E-state index contributed by atoms with van der Waals surface area (Å²) in [6.45, 7) is 0.209. The van der Waals surface area contributed by atoms with E-state index in [9.17, 15) is 4.79 Å².